The minimum atomic E-state index is -2.78. The molecule has 0 bridgehead atoms. The number of Topliss-reactive ketones (excluding diaryl/α,β-unsaturated/α-hetero) is 2. The summed E-state index contributed by atoms with van der Waals surface area (Å²) in [5, 5.41) is 21.1. The molecule has 0 amide bonds. The molecule has 1 aliphatic heterocycles. The van der Waals surface area contributed by atoms with Crippen molar-refractivity contribution >= 4 is 44.6 Å². The lowest BCUT2D eigenvalue weighted by Gasteiger charge is -2.43. The van der Waals surface area contributed by atoms with Gasteiger partial charge in [-0.2, -0.15) is 0 Å². The maximum Gasteiger partial charge on any atom is 0.303 e. The number of ketones is 2. The van der Waals surface area contributed by atoms with E-state index in [-0.39, 0.29) is 11.2 Å². The average Bonchev–Trinajstić information content (AvgIpc) is 3.15. The number of nitrogens with zero attached hydrogens (tertiary/aromatic N) is 3. The number of imidazole rings is 1. The third-order valence-electron chi connectivity index (χ3n) is 4.88. The Balaban J connectivity index is 2.45. The third kappa shape index (κ3) is 2.54. The first kappa shape index (κ1) is 21.2. The summed E-state index contributed by atoms with van der Waals surface area (Å²) in [4.78, 5) is 59.6. The largest absolute Gasteiger partial charge is 0.441 e. The number of aliphatic hydroxyl groups is 2. The number of halogens is 1. The van der Waals surface area contributed by atoms with Gasteiger partial charge in [0.15, 0.2) is 22.7 Å². The van der Waals surface area contributed by atoms with Crippen LogP contribution in [0, 0.1) is 0 Å². The van der Waals surface area contributed by atoms with Gasteiger partial charge in [0.1, 0.15) is 12.4 Å². The molecule has 12 nitrogen and oxygen atoms in total. The normalized spacial score (nSPS) is 31.7. The average molecular weight is 473 g/mol. The van der Waals surface area contributed by atoms with E-state index in [1.54, 1.807) is 0 Å². The van der Waals surface area contributed by atoms with Crippen molar-refractivity contribution in [3.05, 3.63) is 23.0 Å². The molecule has 1 fully saturated rings. The molecule has 4 atom stereocenters. The quantitative estimate of drug-likeness (QED) is 0.351. The number of carbonyl (C=O) groups excluding carboxylic acids is 3. The van der Waals surface area contributed by atoms with Gasteiger partial charge in [-0.15, -0.1) is 0 Å². The van der Waals surface area contributed by atoms with E-state index in [0.29, 0.717) is 0 Å². The highest BCUT2D eigenvalue weighted by Gasteiger charge is 2.81. The number of carbonyl (C=O) groups is 3. The predicted octanol–water partition coefficient (Wildman–Crippen LogP) is -1.27. The SMILES string of the molecule is CC(=O)O[C@]1(C(C)=O)[C@@](O)(C(C)=O)[C@@H](CO)O[C@@]1(Br)n1cnc2c(=O)[nH]cnc21. The van der Waals surface area contributed by atoms with Gasteiger partial charge in [-0.05, 0) is 29.8 Å². The van der Waals surface area contributed by atoms with Gasteiger partial charge in [0, 0.05) is 6.92 Å². The van der Waals surface area contributed by atoms with Crippen molar-refractivity contribution in [3.8, 4) is 0 Å². The van der Waals surface area contributed by atoms with Gasteiger partial charge in [-0.3, -0.25) is 23.7 Å². The Hall–Kier alpha value is -2.48. The molecule has 156 valence electrons. The summed E-state index contributed by atoms with van der Waals surface area (Å²) in [6, 6.07) is 0. The van der Waals surface area contributed by atoms with Gasteiger partial charge in [0.2, 0.25) is 5.60 Å². The van der Waals surface area contributed by atoms with Gasteiger partial charge >= 0.3 is 5.97 Å². The Morgan fingerprint density at radius 3 is 2.48 bits per heavy atom. The number of rotatable bonds is 5. The van der Waals surface area contributed by atoms with Crippen molar-refractivity contribution in [1.29, 1.82) is 0 Å². The number of hydrogen-bond acceptors (Lipinski definition) is 10. The van der Waals surface area contributed by atoms with Crippen molar-refractivity contribution in [2.75, 3.05) is 6.61 Å². The van der Waals surface area contributed by atoms with E-state index < -0.39 is 51.6 Å². The zero-order valence-electron chi connectivity index (χ0n) is 15.5. The predicted molar refractivity (Wildman–Crippen MR) is 97.8 cm³/mol. The molecular weight excluding hydrogens is 456 g/mol. The lowest BCUT2D eigenvalue weighted by molar-refractivity contribution is -0.204. The number of fused-ring (bicyclic) bond motifs is 1. The van der Waals surface area contributed by atoms with Crippen LogP contribution < -0.4 is 5.56 Å². The molecule has 1 saturated heterocycles. The summed E-state index contributed by atoms with van der Waals surface area (Å²) < 4.78 is 9.75. The first-order valence-electron chi connectivity index (χ1n) is 8.30. The topological polar surface area (TPSA) is 174 Å². The fourth-order valence-electron chi connectivity index (χ4n) is 3.66. The van der Waals surface area contributed by atoms with Crippen LogP contribution in [-0.4, -0.2) is 71.2 Å². The van der Waals surface area contributed by atoms with Crippen molar-refractivity contribution < 1.29 is 34.1 Å². The van der Waals surface area contributed by atoms with Crippen LogP contribution in [0.25, 0.3) is 11.2 Å². The molecule has 29 heavy (non-hydrogen) atoms. The minimum absolute atomic E-state index is 0.104. The highest BCUT2D eigenvalue weighted by atomic mass is 79.9. The number of aromatic nitrogens is 4. The fraction of sp³-hybridized carbons (Fsp3) is 0.500. The first-order valence-corrected chi connectivity index (χ1v) is 9.09. The second-order valence-electron chi connectivity index (χ2n) is 6.52. The maximum absolute atomic E-state index is 12.9. The zero-order chi connectivity index (χ0) is 21.8. The van der Waals surface area contributed by atoms with Crippen LogP contribution in [0.4, 0.5) is 0 Å². The molecule has 3 rings (SSSR count). The molecule has 0 aromatic carbocycles. The Morgan fingerprint density at radius 1 is 1.31 bits per heavy atom. The van der Waals surface area contributed by atoms with E-state index in [1.807, 2.05) is 0 Å². The van der Waals surface area contributed by atoms with Crippen LogP contribution in [0.15, 0.2) is 17.4 Å². The molecule has 0 unspecified atom stereocenters. The smallest absolute Gasteiger partial charge is 0.303 e. The molecule has 13 heteroatoms. The second-order valence-corrected chi connectivity index (χ2v) is 7.60. The van der Waals surface area contributed by atoms with Crippen LogP contribution in [0.5, 0.6) is 0 Å². The highest BCUT2D eigenvalue weighted by molar-refractivity contribution is 9.09. The van der Waals surface area contributed by atoms with Crippen LogP contribution in [0.1, 0.15) is 20.8 Å². The van der Waals surface area contributed by atoms with Crippen molar-refractivity contribution in [2.45, 2.75) is 42.7 Å². The van der Waals surface area contributed by atoms with Crippen LogP contribution in [0.3, 0.4) is 0 Å². The lowest BCUT2D eigenvalue weighted by atomic mass is 9.74. The maximum atomic E-state index is 12.9. The van der Waals surface area contributed by atoms with Gasteiger partial charge in [-0.25, -0.2) is 9.97 Å². The number of H-pyrrole nitrogens is 1. The van der Waals surface area contributed by atoms with Crippen LogP contribution in [0.2, 0.25) is 0 Å². The first-order chi connectivity index (χ1) is 13.5. The molecule has 3 heterocycles. The molecule has 0 radical (unpaired) electrons. The van der Waals surface area contributed by atoms with Gasteiger partial charge < -0.3 is 24.7 Å². The van der Waals surface area contributed by atoms with Gasteiger partial charge in [-0.1, -0.05) is 0 Å². The number of aliphatic hydroxyl groups excluding tert-OH is 1. The third-order valence-corrected chi connectivity index (χ3v) is 6.01. The summed E-state index contributed by atoms with van der Waals surface area (Å²) in [5.74, 6) is -2.98. The van der Waals surface area contributed by atoms with Gasteiger partial charge in [0.25, 0.3) is 15.8 Å². The second kappa shape index (κ2) is 6.79. The van der Waals surface area contributed by atoms with Crippen molar-refractivity contribution in [3.63, 3.8) is 0 Å². The molecule has 1 aliphatic rings. The summed E-state index contributed by atoms with van der Waals surface area (Å²) >= 11 is 3.18. The van der Waals surface area contributed by atoms with Crippen LogP contribution >= 0.6 is 15.9 Å². The van der Waals surface area contributed by atoms with E-state index in [9.17, 15) is 29.4 Å². The highest BCUT2D eigenvalue weighted by Crippen LogP contribution is 2.57. The molecule has 0 saturated carbocycles. The molecule has 2 aromatic heterocycles. The Bertz CT molecular complexity index is 1080. The van der Waals surface area contributed by atoms with Crippen molar-refractivity contribution in [2.24, 2.45) is 0 Å². The standard InChI is InChI=1S/C16H17BrN4O8/c1-7(23)14(27)10(4-22)29-16(17,15(14,8(2)24)28-9(3)25)21-6-20-11-12(21)18-5-19-13(11)26/h5-6,10,22,27H,4H2,1-3H3,(H,18,19,26)/t10-,14-,15-,16+/m1/s1. The molecule has 2 aromatic rings. The van der Waals surface area contributed by atoms with E-state index in [4.69, 9.17) is 9.47 Å². The Morgan fingerprint density at radius 2 is 1.97 bits per heavy atom. The van der Waals surface area contributed by atoms with E-state index in [2.05, 4.69) is 30.9 Å². The summed E-state index contributed by atoms with van der Waals surface area (Å²) in [5.41, 5.74) is -6.32. The van der Waals surface area contributed by atoms with E-state index >= 15 is 0 Å². The zero-order valence-corrected chi connectivity index (χ0v) is 17.1. The number of ether oxygens (including phenoxy) is 2. The fourth-order valence-corrected chi connectivity index (χ4v) is 4.81. The summed E-state index contributed by atoms with van der Waals surface area (Å²) in [7, 11) is 0. The molecule has 0 spiro atoms. The number of aromatic amines is 1. The minimum Gasteiger partial charge on any atom is -0.441 e. The van der Waals surface area contributed by atoms with Gasteiger partial charge in [0.05, 0.1) is 12.9 Å². The Kier molecular flexibility index (Phi) is 4.98. The number of nitrogens with one attached hydrogen (secondary N) is 1. The number of hydrogen-bond donors (Lipinski definition) is 3. The summed E-state index contributed by atoms with van der Waals surface area (Å²) in [6.07, 6.45) is 0.446. The summed E-state index contributed by atoms with van der Waals surface area (Å²) in [6.45, 7) is 2.01. The van der Waals surface area contributed by atoms with Crippen LogP contribution in [-0.2, 0) is 28.5 Å². The monoisotopic (exact) mass is 472 g/mol. The number of alkyl halides is 1. The molecular formula is C16H17BrN4O8. The molecule has 0 aliphatic carbocycles. The lowest BCUT2D eigenvalue weighted by Crippen LogP contribution is -2.71. The van der Waals surface area contributed by atoms with Crippen molar-refractivity contribution in [1.82, 2.24) is 19.5 Å². The van der Waals surface area contributed by atoms with E-state index in [0.717, 1.165) is 38.0 Å². The number of esters is 1. The van der Waals surface area contributed by atoms with E-state index in [1.165, 1.54) is 0 Å². The Labute approximate surface area is 171 Å². The molecule has 3 N–H and O–H groups in total.